The summed E-state index contributed by atoms with van der Waals surface area (Å²) in [4.78, 5) is 44.7. The number of rotatable bonds is 2. The number of carbonyl (C=O) groups is 1. The van der Waals surface area contributed by atoms with Crippen LogP contribution in [-0.2, 0) is 24.3 Å². The van der Waals surface area contributed by atoms with Crippen LogP contribution in [0.5, 0.6) is 0 Å². The zero-order valence-electron chi connectivity index (χ0n) is 16.2. The molecule has 0 saturated heterocycles. The summed E-state index contributed by atoms with van der Waals surface area (Å²) in [5.41, 5.74) is 0.293. The van der Waals surface area contributed by atoms with Crippen molar-refractivity contribution < 1.29 is 4.79 Å². The third-order valence-electron chi connectivity index (χ3n) is 5.54. The average Bonchev–Trinajstić information content (AvgIpc) is 2.99. The van der Waals surface area contributed by atoms with Gasteiger partial charge in [0.1, 0.15) is 12.4 Å². The van der Waals surface area contributed by atoms with Crippen LogP contribution < -0.4 is 11.1 Å². The highest BCUT2D eigenvalue weighted by Gasteiger charge is 2.21. The summed E-state index contributed by atoms with van der Waals surface area (Å²) in [6.45, 7) is 1.06. The van der Waals surface area contributed by atoms with Crippen molar-refractivity contribution in [2.45, 2.75) is 19.5 Å². The molecule has 1 aliphatic rings. The largest absolute Gasteiger partial charge is 0.339 e. The number of aromatic nitrogens is 4. The van der Waals surface area contributed by atoms with Gasteiger partial charge >= 0.3 is 0 Å². The van der Waals surface area contributed by atoms with Crippen molar-refractivity contribution in [2.24, 2.45) is 0 Å². The quantitative estimate of drug-likeness (QED) is 0.503. The fraction of sp³-hybridized carbons (Fsp3) is 0.227. The predicted molar refractivity (Wildman–Crippen MR) is 112 cm³/mol. The van der Waals surface area contributed by atoms with Crippen LogP contribution >= 0.6 is 0 Å². The zero-order valence-corrected chi connectivity index (χ0v) is 16.2. The van der Waals surface area contributed by atoms with Gasteiger partial charge in [-0.1, -0.05) is 30.3 Å². The molecular formula is C22H19N5O3. The minimum Gasteiger partial charge on any atom is -0.339 e. The molecular weight excluding hydrogens is 382 g/mol. The number of fused-ring (bicyclic) bond motifs is 3. The first-order valence-corrected chi connectivity index (χ1v) is 9.83. The summed E-state index contributed by atoms with van der Waals surface area (Å²) in [5.74, 6) is 0.472. The van der Waals surface area contributed by atoms with Gasteiger partial charge in [-0.3, -0.25) is 19.0 Å². The Kier molecular flexibility index (Phi) is 4.39. The third kappa shape index (κ3) is 3.06. The molecule has 0 N–H and O–H groups in total. The molecule has 5 rings (SSSR count). The van der Waals surface area contributed by atoms with Crippen molar-refractivity contribution in [1.82, 2.24) is 24.2 Å². The van der Waals surface area contributed by atoms with Crippen molar-refractivity contribution >= 4 is 27.6 Å². The molecule has 2 aromatic carbocycles. The highest BCUT2D eigenvalue weighted by Crippen LogP contribution is 2.12. The molecule has 4 aromatic rings. The second-order valence-electron chi connectivity index (χ2n) is 7.33. The summed E-state index contributed by atoms with van der Waals surface area (Å²) in [5, 5.41) is 6.00. The maximum Gasteiger partial charge on any atom is 0.275 e. The highest BCUT2D eigenvalue weighted by molar-refractivity contribution is 5.81. The van der Waals surface area contributed by atoms with Gasteiger partial charge in [-0.25, -0.2) is 9.67 Å². The number of hydrogen-bond donors (Lipinski definition) is 0. The van der Waals surface area contributed by atoms with E-state index in [0.717, 1.165) is 5.39 Å². The van der Waals surface area contributed by atoms with E-state index >= 15 is 0 Å². The van der Waals surface area contributed by atoms with Crippen LogP contribution in [0.15, 0.2) is 64.3 Å². The predicted octanol–water partition coefficient (Wildman–Crippen LogP) is 1.19. The Hall–Kier alpha value is -3.81. The van der Waals surface area contributed by atoms with E-state index in [0.29, 0.717) is 48.2 Å². The van der Waals surface area contributed by atoms with Crippen LogP contribution in [0.1, 0.15) is 5.82 Å². The van der Waals surface area contributed by atoms with E-state index in [9.17, 15) is 14.4 Å². The molecule has 3 heterocycles. The summed E-state index contributed by atoms with van der Waals surface area (Å²) in [6.07, 6.45) is 2.07. The van der Waals surface area contributed by atoms with E-state index in [1.54, 1.807) is 33.9 Å². The monoisotopic (exact) mass is 401 g/mol. The second kappa shape index (κ2) is 7.22. The van der Waals surface area contributed by atoms with Crippen molar-refractivity contribution in [3.8, 4) is 0 Å². The minimum absolute atomic E-state index is 0.0858. The first-order valence-electron chi connectivity index (χ1n) is 9.83. The first-order chi connectivity index (χ1) is 14.6. The maximum atomic E-state index is 12.9. The van der Waals surface area contributed by atoms with Gasteiger partial charge in [-0.15, -0.1) is 0 Å². The lowest BCUT2D eigenvalue weighted by Crippen LogP contribution is -2.39. The number of amides is 1. The molecule has 0 atom stereocenters. The highest BCUT2D eigenvalue weighted by atomic mass is 16.2. The van der Waals surface area contributed by atoms with Crippen LogP contribution in [0.25, 0.3) is 21.7 Å². The number of benzene rings is 2. The number of para-hydroxylation sites is 1. The molecule has 0 aliphatic carbocycles. The second-order valence-corrected chi connectivity index (χ2v) is 7.33. The Morgan fingerprint density at radius 2 is 1.67 bits per heavy atom. The van der Waals surface area contributed by atoms with Crippen molar-refractivity contribution in [3.63, 3.8) is 0 Å². The Morgan fingerprint density at radius 1 is 0.900 bits per heavy atom. The van der Waals surface area contributed by atoms with Gasteiger partial charge in [-0.2, -0.15) is 5.10 Å². The van der Waals surface area contributed by atoms with E-state index in [-0.39, 0.29) is 23.6 Å². The van der Waals surface area contributed by atoms with E-state index < -0.39 is 0 Å². The molecule has 0 radical (unpaired) electrons. The molecule has 0 saturated carbocycles. The van der Waals surface area contributed by atoms with Gasteiger partial charge in [0.2, 0.25) is 5.91 Å². The number of carbonyl (C=O) groups excluding carboxylic acids is 1. The Morgan fingerprint density at radius 3 is 2.53 bits per heavy atom. The van der Waals surface area contributed by atoms with Crippen LogP contribution in [0, 0.1) is 0 Å². The molecule has 0 fully saturated rings. The molecule has 1 aliphatic heterocycles. The molecule has 0 spiro atoms. The summed E-state index contributed by atoms with van der Waals surface area (Å²) in [6, 6.07) is 14.4. The van der Waals surface area contributed by atoms with Gasteiger partial charge in [0.05, 0.1) is 22.5 Å². The fourth-order valence-corrected chi connectivity index (χ4v) is 3.92. The topological polar surface area (TPSA) is 90.1 Å². The van der Waals surface area contributed by atoms with E-state index in [1.807, 2.05) is 30.3 Å². The molecule has 0 unspecified atom stereocenters. The standard InChI is InChI=1S/C22H19N5O3/c28-20(14-27-22(30)16-6-2-1-5-15(16)13-23-27)25-10-9-19-24-18-8-4-3-7-17(18)21(29)26(19)12-11-25/h1-8,13H,9-12,14H2. The van der Waals surface area contributed by atoms with E-state index in [4.69, 9.17) is 0 Å². The molecule has 150 valence electrons. The zero-order chi connectivity index (χ0) is 20.7. The summed E-state index contributed by atoms with van der Waals surface area (Å²) in [7, 11) is 0. The van der Waals surface area contributed by atoms with Crippen LogP contribution in [0.3, 0.4) is 0 Å². The van der Waals surface area contributed by atoms with Crippen molar-refractivity contribution in [2.75, 3.05) is 13.1 Å². The molecule has 30 heavy (non-hydrogen) atoms. The van der Waals surface area contributed by atoms with Gasteiger partial charge < -0.3 is 4.90 Å². The number of hydrogen-bond acceptors (Lipinski definition) is 5. The average molecular weight is 401 g/mol. The van der Waals surface area contributed by atoms with Crippen LogP contribution in [0.2, 0.25) is 0 Å². The van der Waals surface area contributed by atoms with Crippen molar-refractivity contribution in [1.29, 1.82) is 0 Å². The van der Waals surface area contributed by atoms with Gasteiger partial charge in [0, 0.05) is 31.4 Å². The number of nitrogens with zero attached hydrogens (tertiary/aromatic N) is 5. The minimum atomic E-state index is -0.288. The lowest BCUT2D eigenvalue weighted by Gasteiger charge is -2.20. The van der Waals surface area contributed by atoms with Gasteiger partial charge in [-0.05, 0) is 18.2 Å². The molecule has 8 heteroatoms. The van der Waals surface area contributed by atoms with E-state index in [1.165, 1.54) is 4.68 Å². The Balaban J connectivity index is 1.40. The molecule has 2 aromatic heterocycles. The Bertz CT molecular complexity index is 1410. The van der Waals surface area contributed by atoms with Gasteiger partial charge in [0.15, 0.2) is 0 Å². The van der Waals surface area contributed by atoms with Crippen LogP contribution in [-0.4, -0.2) is 43.2 Å². The van der Waals surface area contributed by atoms with Crippen LogP contribution in [0.4, 0.5) is 0 Å². The summed E-state index contributed by atoms with van der Waals surface area (Å²) >= 11 is 0. The SMILES string of the molecule is O=C(Cn1ncc2ccccc2c1=O)N1CCc2nc3ccccc3c(=O)n2CC1. The molecule has 1 amide bonds. The van der Waals surface area contributed by atoms with Gasteiger partial charge in [0.25, 0.3) is 11.1 Å². The van der Waals surface area contributed by atoms with Crippen molar-refractivity contribution in [3.05, 3.63) is 81.3 Å². The maximum absolute atomic E-state index is 12.9. The smallest absolute Gasteiger partial charge is 0.275 e. The normalized spacial score (nSPS) is 13.9. The third-order valence-corrected chi connectivity index (χ3v) is 5.54. The molecule has 8 nitrogen and oxygen atoms in total. The first kappa shape index (κ1) is 18.2. The lowest BCUT2D eigenvalue weighted by atomic mass is 10.2. The van der Waals surface area contributed by atoms with E-state index in [2.05, 4.69) is 10.1 Å². The lowest BCUT2D eigenvalue weighted by molar-refractivity contribution is -0.132. The molecule has 0 bridgehead atoms. The summed E-state index contributed by atoms with van der Waals surface area (Å²) < 4.78 is 2.84. The Labute approximate surface area is 171 Å². The fourth-order valence-electron chi connectivity index (χ4n) is 3.92.